The predicted molar refractivity (Wildman–Crippen MR) is 79.1 cm³/mol. The number of carbonyl (C=O) groups is 1. The van der Waals surface area contributed by atoms with Crippen molar-refractivity contribution in [2.24, 2.45) is 5.73 Å². The fraction of sp³-hybridized carbons (Fsp3) is 0.462. The van der Waals surface area contributed by atoms with Gasteiger partial charge in [-0.05, 0) is 18.6 Å². The van der Waals surface area contributed by atoms with Gasteiger partial charge in [-0.25, -0.2) is 0 Å². The Morgan fingerprint density at radius 2 is 2.16 bits per heavy atom. The van der Waals surface area contributed by atoms with Gasteiger partial charge in [0.1, 0.15) is 0 Å². The van der Waals surface area contributed by atoms with Crippen LogP contribution in [0.25, 0.3) is 0 Å². The molecule has 0 spiro atoms. The van der Waals surface area contributed by atoms with Crippen molar-refractivity contribution in [2.45, 2.75) is 26.3 Å². The van der Waals surface area contributed by atoms with Crippen molar-refractivity contribution < 1.29 is 4.79 Å². The predicted octanol–water partition coefficient (Wildman–Crippen LogP) is 0.681. The normalized spacial score (nSPS) is 10.2. The summed E-state index contributed by atoms with van der Waals surface area (Å²) in [4.78, 5) is 25.5. The standard InChI is InChI=1S/C13H19N3O2S/c1-10-3-7-16(13(18)9-10)8-5-12(17)15(2)6-4-11(14)19/h3,7,9H,4-6,8H2,1-2H3,(H2,14,19). The highest BCUT2D eigenvalue weighted by Gasteiger charge is 2.09. The van der Waals surface area contributed by atoms with Crippen LogP contribution in [0.15, 0.2) is 23.1 Å². The third-order valence-electron chi connectivity index (χ3n) is 2.84. The lowest BCUT2D eigenvalue weighted by atomic mass is 10.3. The zero-order chi connectivity index (χ0) is 14.4. The number of aryl methyl sites for hydroxylation is 2. The van der Waals surface area contributed by atoms with E-state index in [1.165, 1.54) is 4.57 Å². The second kappa shape index (κ2) is 7.04. The first-order valence-corrected chi connectivity index (χ1v) is 6.50. The highest BCUT2D eigenvalue weighted by Crippen LogP contribution is 1.97. The molecule has 1 heterocycles. The Balaban J connectivity index is 2.49. The highest BCUT2D eigenvalue weighted by atomic mass is 32.1. The largest absolute Gasteiger partial charge is 0.393 e. The van der Waals surface area contributed by atoms with Gasteiger partial charge in [0.15, 0.2) is 0 Å². The van der Waals surface area contributed by atoms with Crippen molar-refractivity contribution in [3.8, 4) is 0 Å². The van der Waals surface area contributed by atoms with Gasteiger partial charge in [0, 0.05) is 45.2 Å². The Morgan fingerprint density at radius 1 is 1.47 bits per heavy atom. The average molecular weight is 281 g/mol. The summed E-state index contributed by atoms with van der Waals surface area (Å²) in [6.07, 6.45) is 2.51. The summed E-state index contributed by atoms with van der Waals surface area (Å²) >= 11 is 4.77. The molecule has 0 saturated carbocycles. The van der Waals surface area contributed by atoms with Crippen LogP contribution in [0.4, 0.5) is 0 Å². The lowest BCUT2D eigenvalue weighted by molar-refractivity contribution is -0.130. The maximum Gasteiger partial charge on any atom is 0.250 e. The summed E-state index contributed by atoms with van der Waals surface area (Å²) in [5.41, 5.74) is 6.22. The van der Waals surface area contributed by atoms with Crippen molar-refractivity contribution >= 4 is 23.1 Å². The molecule has 1 rings (SSSR count). The number of thiocarbonyl (C=S) groups is 1. The molecule has 19 heavy (non-hydrogen) atoms. The number of hydrogen-bond donors (Lipinski definition) is 1. The number of rotatable bonds is 6. The first kappa shape index (κ1) is 15.4. The van der Waals surface area contributed by atoms with E-state index in [4.69, 9.17) is 18.0 Å². The topological polar surface area (TPSA) is 68.3 Å². The summed E-state index contributed by atoms with van der Waals surface area (Å²) in [5.74, 6) is -0.0243. The number of nitrogens with zero attached hydrogens (tertiary/aromatic N) is 2. The molecule has 2 N–H and O–H groups in total. The number of nitrogens with two attached hydrogens (primary N) is 1. The van der Waals surface area contributed by atoms with Gasteiger partial charge >= 0.3 is 0 Å². The monoisotopic (exact) mass is 281 g/mol. The molecular formula is C13H19N3O2S. The molecule has 0 aromatic carbocycles. The number of pyridine rings is 1. The zero-order valence-electron chi connectivity index (χ0n) is 11.3. The molecular weight excluding hydrogens is 262 g/mol. The van der Waals surface area contributed by atoms with E-state index in [1.807, 2.05) is 13.0 Å². The Bertz CT molecular complexity index is 525. The number of hydrogen-bond acceptors (Lipinski definition) is 3. The van der Waals surface area contributed by atoms with Gasteiger partial charge in [0.05, 0.1) is 4.99 Å². The van der Waals surface area contributed by atoms with Crippen LogP contribution in [0.2, 0.25) is 0 Å². The summed E-state index contributed by atoms with van der Waals surface area (Å²) in [7, 11) is 1.71. The third kappa shape index (κ3) is 5.21. The molecule has 0 unspecified atom stereocenters. The van der Waals surface area contributed by atoms with Gasteiger partial charge in [-0.15, -0.1) is 0 Å². The van der Waals surface area contributed by atoms with E-state index in [0.29, 0.717) is 24.5 Å². The smallest absolute Gasteiger partial charge is 0.250 e. The Hall–Kier alpha value is -1.69. The maximum absolute atomic E-state index is 11.8. The van der Waals surface area contributed by atoms with E-state index in [9.17, 15) is 9.59 Å². The van der Waals surface area contributed by atoms with Gasteiger partial charge in [-0.2, -0.15) is 0 Å². The Labute approximate surface area is 118 Å². The average Bonchev–Trinajstić information content (AvgIpc) is 2.34. The lowest BCUT2D eigenvalue weighted by Crippen LogP contribution is -2.31. The van der Waals surface area contributed by atoms with Crippen LogP contribution in [0.1, 0.15) is 18.4 Å². The minimum Gasteiger partial charge on any atom is -0.393 e. The Morgan fingerprint density at radius 3 is 2.74 bits per heavy atom. The van der Waals surface area contributed by atoms with Crippen molar-refractivity contribution in [3.63, 3.8) is 0 Å². The highest BCUT2D eigenvalue weighted by molar-refractivity contribution is 7.80. The second-order valence-electron chi connectivity index (χ2n) is 4.52. The van der Waals surface area contributed by atoms with Gasteiger partial charge < -0.3 is 15.2 Å². The van der Waals surface area contributed by atoms with Gasteiger partial charge in [-0.3, -0.25) is 9.59 Å². The molecule has 0 aliphatic carbocycles. The summed E-state index contributed by atoms with van der Waals surface area (Å²) in [5, 5.41) is 0. The molecule has 0 atom stereocenters. The van der Waals surface area contributed by atoms with Gasteiger partial charge in [0.25, 0.3) is 5.56 Å². The van der Waals surface area contributed by atoms with E-state index in [0.717, 1.165) is 5.56 Å². The molecule has 6 heteroatoms. The van der Waals surface area contributed by atoms with Crippen LogP contribution >= 0.6 is 12.2 Å². The molecule has 104 valence electrons. The molecule has 1 aromatic rings. The fourth-order valence-electron chi connectivity index (χ4n) is 1.60. The Kier molecular flexibility index (Phi) is 5.69. The molecule has 5 nitrogen and oxygen atoms in total. The van der Waals surface area contributed by atoms with E-state index in [2.05, 4.69) is 0 Å². The quantitative estimate of drug-likeness (QED) is 0.779. The maximum atomic E-state index is 11.8. The van der Waals surface area contributed by atoms with Crippen LogP contribution in [0, 0.1) is 6.92 Å². The molecule has 0 fully saturated rings. The van der Waals surface area contributed by atoms with Crippen LogP contribution in [-0.4, -0.2) is 34.0 Å². The molecule has 0 aliphatic rings. The van der Waals surface area contributed by atoms with Crippen LogP contribution in [0.3, 0.4) is 0 Å². The lowest BCUT2D eigenvalue weighted by Gasteiger charge is -2.17. The van der Waals surface area contributed by atoms with Crippen molar-refractivity contribution in [2.75, 3.05) is 13.6 Å². The fourth-order valence-corrected chi connectivity index (χ4v) is 1.69. The van der Waals surface area contributed by atoms with Crippen molar-refractivity contribution in [1.82, 2.24) is 9.47 Å². The molecule has 0 saturated heterocycles. The first-order valence-electron chi connectivity index (χ1n) is 6.09. The minimum absolute atomic E-state index is 0.0243. The first-order chi connectivity index (χ1) is 8.90. The van der Waals surface area contributed by atoms with Crippen LogP contribution < -0.4 is 11.3 Å². The summed E-state index contributed by atoms with van der Waals surface area (Å²) in [6, 6.07) is 3.41. The number of carbonyl (C=O) groups excluding carboxylic acids is 1. The molecule has 1 amide bonds. The zero-order valence-corrected chi connectivity index (χ0v) is 12.1. The van der Waals surface area contributed by atoms with E-state index >= 15 is 0 Å². The summed E-state index contributed by atoms with van der Waals surface area (Å²) in [6.45, 7) is 2.76. The van der Waals surface area contributed by atoms with Crippen LogP contribution in [0.5, 0.6) is 0 Å². The number of aromatic nitrogens is 1. The SMILES string of the molecule is Cc1ccn(CCC(=O)N(C)CCC(N)=S)c(=O)c1. The van der Waals surface area contributed by atoms with E-state index in [-0.39, 0.29) is 17.9 Å². The third-order valence-corrected chi connectivity index (χ3v) is 3.04. The van der Waals surface area contributed by atoms with Crippen molar-refractivity contribution in [1.29, 1.82) is 0 Å². The molecule has 0 bridgehead atoms. The molecule has 1 aromatic heterocycles. The van der Waals surface area contributed by atoms with Crippen molar-refractivity contribution in [3.05, 3.63) is 34.2 Å². The second-order valence-corrected chi connectivity index (χ2v) is 5.04. The summed E-state index contributed by atoms with van der Waals surface area (Å²) < 4.78 is 1.53. The minimum atomic E-state index is -0.0846. The van der Waals surface area contributed by atoms with E-state index in [1.54, 1.807) is 24.2 Å². The van der Waals surface area contributed by atoms with E-state index < -0.39 is 0 Å². The van der Waals surface area contributed by atoms with Gasteiger partial charge in [0.2, 0.25) is 5.91 Å². The van der Waals surface area contributed by atoms with Crippen LogP contribution in [-0.2, 0) is 11.3 Å². The number of amides is 1. The molecule has 0 aliphatic heterocycles. The molecule has 0 radical (unpaired) electrons. The van der Waals surface area contributed by atoms with Gasteiger partial charge in [-0.1, -0.05) is 12.2 Å².